The third kappa shape index (κ3) is 2.80. The molecular formula is C18H28N4O. The molecule has 0 bridgehead atoms. The summed E-state index contributed by atoms with van der Waals surface area (Å²) in [6.07, 6.45) is 9.87. The summed E-state index contributed by atoms with van der Waals surface area (Å²) < 4.78 is 2.00. The van der Waals surface area contributed by atoms with E-state index in [0.29, 0.717) is 23.2 Å². The van der Waals surface area contributed by atoms with Crippen LogP contribution in [0.5, 0.6) is 0 Å². The van der Waals surface area contributed by atoms with Crippen LogP contribution in [0.2, 0.25) is 0 Å². The van der Waals surface area contributed by atoms with Crippen LogP contribution < -0.4 is 5.32 Å². The number of carbonyl (C=O) groups is 1. The fourth-order valence-electron chi connectivity index (χ4n) is 4.59. The zero-order chi connectivity index (χ0) is 15.9. The molecule has 1 atom stereocenters. The average molecular weight is 316 g/mol. The maximum atomic E-state index is 12.8. The van der Waals surface area contributed by atoms with Crippen LogP contribution in [0.25, 0.3) is 0 Å². The predicted octanol–water partition coefficient (Wildman–Crippen LogP) is 2.00. The quantitative estimate of drug-likeness (QED) is 0.928. The molecule has 23 heavy (non-hydrogen) atoms. The minimum absolute atomic E-state index is 0.323. The van der Waals surface area contributed by atoms with E-state index >= 15 is 0 Å². The Bertz CT molecular complexity index is 567. The van der Waals surface area contributed by atoms with Crippen molar-refractivity contribution in [3.8, 4) is 0 Å². The van der Waals surface area contributed by atoms with Gasteiger partial charge in [-0.25, -0.2) is 0 Å². The molecule has 2 aliphatic heterocycles. The SMILES string of the molecule is CCn1cc(C2CCN(C(=O)C3CC34CCNCC4)CC2)cn1. The Balaban J connectivity index is 1.32. The summed E-state index contributed by atoms with van der Waals surface area (Å²) in [6, 6.07) is 0. The first-order valence-corrected chi connectivity index (χ1v) is 9.24. The zero-order valence-corrected chi connectivity index (χ0v) is 14.1. The third-order valence-electron chi connectivity index (χ3n) is 6.34. The Labute approximate surface area is 138 Å². The molecule has 2 saturated heterocycles. The predicted molar refractivity (Wildman–Crippen MR) is 89.1 cm³/mol. The smallest absolute Gasteiger partial charge is 0.226 e. The van der Waals surface area contributed by atoms with Crippen LogP contribution >= 0.6 is 0 Å². The van der Waals surface area contributed by atoms with Crippen LogP contribution in [0, 0.1) is 11.3 Å². The molecule has 1 spiro atoms. The van der Waals surface area contributed by atoms with E-state index in [4.69, 9.17) is 0 Å². The van der Waals surface area contributed by atoms with E-state index in [1.54, 1.807) is 0 Å². The molecule has 1 aliphatic carbocycles. The van der Waals surface area contributed by atoms with E-state index in [9.17, 15) is 4.79 Å². The highest BCUT2D eigenvalue weighted by molar-refractivity contribution is 5.82. The minimum Gasteiger partial charge on any atom is -0.342 e. The summed E-state index contributed by atoms with van der Waals surface area (Å²) in [5, 5.41) is 7.81. The topological polar surface area (TPSA) is 50.2 Å². The second kappa shape index (κ2) is 5.93. The molecule has 1 aromatic rings. The van der Waals surface area contributed by atoms with Crippen LogP contribution in [-0.2, 0) is 11.3 Å². The first-order valence-electron chi connectivity index (χ1n) is 9.24. The van der Waals surface area contributed by atoms with Gasteiger partial charge in [0.05, 0.1) is 6.20 Å². The lowest BCUT2D eigenvalue weighted by atomic mass is 9.89. The number of piperidine rings is 2. The van der Waals surface area contributed by atoms with Crippen molar-refractivity contribution in [1.82, 2.24) is 20.0 Å². The lowest BCUT2D eigenvalue weighted by molar-refractivity contribution is -0.134. The van der Waals surface area contributed by atoms with Crippen molar-refractivity contribution in [2.45, 2.75) is 51.5 Å². The number of aryl methyl sites for hydroxylation is 1. The zero-order valence-electron chi connectivity index (χ0n) is 14.1. The molecule has 1 unspecified atom stereocenters. The van der Waals surface area contributed by atoms with Crippen LogP contribution in [0.4, 0.5) is 0 Å². The molecule has 0 radical (unpaired) electrons. The van der Waals surface area contributed by atoms with Crippen LogP contribution in [0.3, 0.4) is 0 Å². The van der Waals surface area contributed by atoms with Crippen LogP contribution in [0.1, 0.15) is 50.5 Å². The molecular weight excluding hydrogens is 288 g/mol. The lowest BCUT2D eigenvalue weighted by Crippen LogP contribution is -2.40. The number of carbonyl (C=O) groups excluding carboxylic acids is 1. The number of likely N-dealkylation sites (tertiary alicyclic amines) is 1. The molecule has 1 amide bonds. The number of amides is 1. The third-order valence-corrected chi connectivity index (χ3v) is 6.34. The Morgan fingerprint density at radius 1 is 1.35 bits per heavy atom. The maximum absolute atomic E-state index is 12.8. The van der Waals surface area contributed by atoms with Gasteiger partial charge < -0.3 is 10.2 Å². The molecule has 3 fully saturated rings. The minimum atomic E-state index is 0.323. The molecule has 5 nitrogen and oxygen atoms in total. The normalized spacial score (nSPS) is 27.3. The standard InChI is InChI=1S/C18H28N4O/c1-2-22-13-15(12-20-22)14-3-9-21(10-4-14)17(23)16-11-18(16)5-7-19-8-6-18/h12-14,16,19H,2-11H2,1H3. The number of hydrogen-bond donors (Lipinski definition) is 1. The van der Waals surface area contributed by atoms with Gasteiger partial charge in [0, 0.05) is 31.7 Å². The highest BCUT2D eigenvalue weighted by Crippen LogP contribution is 2.59. The van der Waals surface area contributed by atoms with Gasteiger partial charge in [-0.15, -0.1) is 0 Å². The Morgan fingerprint density at radius 2 is 2.09 bits per heavy atom. The van der Waals surface area contributed by atoms with Crippen molar-refractivity contribution in [3.05, 3.63) is 18.0 Å². The van der Waals surface area contributed by atoms with Crippen molar-refractivity contribution >= 4 is 5.91 Å². The number of rotatable bonds is 3. The summed E-state index contributed by atoms with van der Waals surface area (Å²) in [5.74, 6) is 1.34. The van der Waals surface area contributed by atoms with Gasteiger partial charge in [-0.1, -0.05) is 0 Å². The number of aromatic nitrogens is 2. The van der Waals surface area contributed by atoms with Crippen LogP contribution in [0.15, 0.2) is 12.4 Å². The van der Waals surface area contributed by atoms with Gasteiger partial charge >= 0.3 is 0 Å². The van der Waals surface area contributed by atoms with E-state index in [-0.39, 0.29) is 0 Å². The van der Waals surface area contributed by atoms with Gasteiger partial charge in [-0.05, 0) is 69.0 Å². The summed E-state index contributed by atoms with van der Waals surface area (Å²) >= 11 is 0. The van der Waals surface area contributed by atoms with E-state index in [1.807, 2.05) is 10.9 Å². The van der Waals surface area contributed by atoms with Crippen molar-refractivity contribution in [2.24, 2.45) is 11.3 Å². The maximum Gasteiger partial charge on any atom is 0.226 e. The molecule has 1 N–H and O–H groups in total. The fraction of sp³-hybridized carbons (Fsp3) is 0.778. The molecule has 5 heteroatoms. The fourth-order valence-corrected chi connectivity index (χ4v) is 4.59. The molecule has 126 valence electrons. The Hall–Kier alpha value is -1.36. The monoisotopic (exact) mass is 316 g/mol. The molecule has 3 heterocycles. The van der Waals surface area contributed by atoms with Gasteiger partial charge in [0.25, 0.3) is 0 Å². The Morgan fingerprint density at radius 3 is 2.74 bits per heavy atom. The highest BCUT2D eigenvalue weighted by Gasteiger charge is 2.58. The summed E-state index contributed by atoms with van der Waals surface area (Å²) in [7, 11) is 0. The Kier molecular flexibility index (Phi) is 3.92. The number of nitrogens with zero attached hydrogens (tertiary/aromatic N) is 3. The molecule has 3 aliphatic rings. The second-order valence-corrected chi connectivity index (χ2v) is 7.60. The average Bonchev–Trinajstić information content (AvgIpc) is 3.08. The van der Waals surface area contributed by atoms with E-state index in [1.165, 1.54) is 18.4 Å². The van der Waals surface area contributed by atoms with Gasteiger partial charge in [0.2, 0.25) is 5.91 Å². The molecule has 0 aromatic carbocycles. The molecule has 4 rings (SSSR count). The summed E-state index contributed by atoms with van der Waals surface area (Å²) in [6.45, 7) is 7.07. The molecule has 1 saturated carbocycles. The molecule has 1 aromatic heterocycles. The highest BCUT2D eigenvalue weighted by atomic mass is 16.2. The van der Waals surface area contributed by atoms with Crippen molar-refractivity contribution in [1.29, 1.82) is 0 Å². The summed E-state index contributed by atoms with van der Waals surface area (Å²) in [5.41, 5.74) is 1.71. The largest absolute Gasteiger partial charge is 0.342 e. The van der Waals surface area contributed by atoms with E-state index in [2.05, 4.69) is 28.4 Å². The van der Waals surface area contributed by atoms with Crippen molar-refractivity contribution in [3.63, 3.8) is 0 Å². The van der Waals surface area contributed by atoms with Gasteiger partial charge in [-0.3, -0.25) is 9.48 Å². The van der Waals surface area contributed by atoms with Gasteiger partial charge in [0.15, 0.2) is 0 Å². The van der Waals surface area contributed by atoms with Gasteiger partial charge in [0.1, 0.15) is 0 Å². The lowest BCUT2D eigenvalue weighted by Gasteiger charge is -2.33. The number of nitrogens with one attached hydrogen (secondary N) is 1. The first-order chi connectivity index (χ1) is 11.2. The van der Waals surface area contributed by atoms with Crippen molar-refractivity contribution in [2.75, 3.05) is 26.2 Å². The van der Waals surface area contributed by atoms with Crippen LogP contribution in [-0.4, -0.2) is 46.8 Å². The number of hydrogen-bond acceptors (Lipinski definition) is 3. The van der Waals surface area contributed by atoms with Gasteiger partial charge in [-0.2, -0.15) is 5.10 Å². The van der Waals surface area contributed by atoms with E-state index in [0.717, 1.165) is 52.0 Å². The van der Waals surface area contributed by atoms with Crippen molar-refractivity contribution < 1.29 is 4.79 Å². The summed E-state index contributed by atoms with van der Waals surface area (Å²) in [4.78, 5) is 15.0. The van der Waals surface area contributed by atoms with E-state index < -0.39 is 0 Å². The second-order valence-electron chi connectivity index (χ2n) is 7.60. The first kappa shape index (κ1) is 15.2.